The van der Waals surface area contributed by atoms with Gasteiger partial charge in [-0.15, -0.1) is 0 Å². The zero-order chi connectivity index (χ0) is 35.2. The van der Waals surface area contributed by atoms with E-state index in [-0.39, 0.29) is 56.1 Å². The van der Waals surface area contributed by atoms with E-state index in [9.17, 15) is 48.0 Å². The van der Waals surface area contributed by atoms with E-state index in [2.05, 4.69) is 10.6 Å². The van der Waals surface area contributed by atoms with Crippen LogP contribution in [0.5, 0.6) is 0 Å². The van der Waals surface area contributed by atoms with Gasteiger partial charge in [0.1, 0.15) is 5.78 Å². The molecule has 17 heteroatoms. The Labute approximate surface area is 275 Å². The summed E-state index contributed by atoms with van der Waals surface area (Å²) in [4.78, 5) is 10.7. The van der Waals surface area contributed by atoms with E-state index >= 15 is 0 Å². The maximum Gasteiger partial charge on any atom is 0.501 e. The molecule has 2 aliphatic carbocycles. The highest BCUT2D eigenvalue weighted by molar-refractivity contribution is 7.92. The first-order valence-electron chi connectivity index (χ1n) is 15.6. The number of anilines is 2. The monoisotopic (exact) mass is 728 g/mol. The van der Waals surface area contributed by atoms with Crippen molar-refractivity contribution < 1.29 is 57.4 Å². The number of ketones is 1. The van der Waals surface area contributed by atoms with Gasteiger partial charge in [-0.2, -0.15) is 26.3 Å². The van der Waals surface area contributed by atoms with Crippen molar-refractivity contribution in [2.24, 2.45) is 0 Å². The average Bonchev–Trinajstić information content (AvgIpc) is 3.02. The van der Waals surface area contributed by atoms with Crippen molar-refractivity contribution in [1.29, 1.82) is 0 Å². The van der Waals surface area contributed by atoms with E-state index in [1.807, 2.05) is 0 Å². The summed E-state index contributed by atoms with van der Waals surface area (Å²) in [5.74, 6) is 0.0210. The number of alkyl halides is 6. The van der Waals surface area contributed by atoms with Crippen molar-refractivity contribution in [1.82, 2.24) is 0 Å². The predicted octanol–water partition coefficient (Wildman–Crippen LogP) is 6.80. The number of hydrogen-bond acceptors (Lipinski definition) is 9. The standard InChI is InChI=1S/C31H38F6N2O7S2/c32-30(33,34)47(41,42)28-13-5-23(6-14-28)38-21-1-9-26(10-2-21)45-19-17-25(40)18-20-46-27-11-3-22(4-12-27)39-24-7-15-29(16-8-24)48(43,44)31(35,36)37/h5-8,13-16,21-22,26-27,38-39H,1-4,9-12,17-20H2. The van der Waals surface area contributed by atoms with Crippen LogP contribution in [0.3, 0.4) is 0 Å². The van der Waals surface area contributed by atoms with Gasteiger partial charge in [0.2, 0.25) is 0 Å². The molecule has 0 amide bonds. The van der Waals surface area contributed by atoms with Crippen LogP contribution in [0.15, 0.2) is 58.3 Å². The first kappa shape index (κ1) is 37.9. The summed E-state index contributed by atoms with van der Waals surface area (Å²) in [5, 5.41) is 6.43. The summed E-state index contributed by atoms with van der Waals surface area (Å²) in [6.07, 6.45) is 6.39. The molecular formula is C31H38F6N2O7S2. The summed E-state index contributed by atoms with van der Waals surface area (Å²) in [6, 6.07) is 9.09. The molecule has 0 heterocycles. The molecule has 0 radical (unpaired) electrons. The molecule has 0 atom stereocenters. The SMILES string of the molecule is O=C(CCOC1CCC(Nc2ccc(S(=O)(=O)C(F)(F)F)cc2)CC1)CCOC1CCC(Nc2ccc(S(=O)(=O)C(F)(F)F)cc2)CC1. The van der Waals surface area contributed by atoms with E-state index in [0.29, 0.717) is 11.4 Å². The lowest BCUT2D eigenvalue weighted by Gasteiger charge is -2.30. The lowest BCUT2D eigenvalue weighted by molar-refractivity contribution is -0.122. The van der Waals surface area contributed by atoms with E-state index in [1.54, 1.807) is 0 Å². The molecule has 0 saturated heterocycles. The number of ether oxygens (including phenoxy) is 2. The zero-order valence-electron chi connectivity index (χ0n) is 25.9. The minimum Gasteiger partial charge on any atom is -0.382 e. The van der Waals surface area contributed by atoms with Crippen molar-refractivity contribution in [2.45, 2.75) is 109 Å². The summed E-state index contributed by atoms with van der Waals surface area (Å²) in [7, 11) is -10.8. The van der Waals surface area contributed by atoms with Crippen molar-refractivity contribution in [2.75, 3.05) is 23.8 Å². The van der Waals surface area contributed by atoms with E-state index < -0.39 is 40.5 Å². The molecule has 2 aromatic rings. The number of carbonyl (C=O) groups is 1. The van der Waals surface area contributed by atoms with Gasteiger partial charge in [-0.05, 0) is 99.9 Å². The molecule has 2 aliphatic rings. The number of carbonyl (C=O) groups excluding carboxylic acids is 1. The molecule has 268 valence electrons. The summed E-state index contributed by atoms with van der Waals surface area (Å²) in [5.41, 5.74) is -9.66. The number of halogens is 6. The lowest BCUT2D eigenvalue weighted by atomic mass is 9.92. The Balaban J connectivity index is 1.05. The molecule has 0 bridgehead atoms. The highest BCUT2D eigenvalue weighted by Gasteiger charge is 2.47. The molecule has 2 fully saturated rings. The third kappa shape index (κ3) is 10.1. The second-order valence-electron chi connectivity index (χ2n) is 12.0. The molecule has 0 aliphatic heterocycles. The minimum atomic E-state index is -5.39. The molecule has 2 N–H and O–H groups in total. The van der Waals surface area contributed by atoms with Crippen LogP contribution in [0.25, 0.3) is 0 Å². The van der Waals surface area contributed by atoms with Gasteiger partial charge in [-0.3, -0.25) is 4.79 Å². The first-order valence-corrected chi connectivity index (χ1v) is 18.5. The Morgan fingerprint density at radius 2 is 0.896 bits per heavy atom. The maximum atomic E-state index is 12.7. The topological polar surface area (TPSA) is 128 Å². The third-order valence-corrected chi connectivity index (χ3v) is 11.5. The van der Waals surface area contributed by atoms with Gasteiger partial charge in [-0.1, -0.05) is 0 Å². The van der Waals surface area contributed by atoms with Crippen LogP contribution in [-0.4, -0.2) is 71.1 Å². The molecule has 0 aromatic heterocycles. The second-order valence-corrected chi connectivity index (χ2v) is 15.8. The summed E-state index contributed by atoms with van der Waals surface area (Å²) >= 11 is 0. The Kier molecular flexibility index (Phi) is 12.5. The number of hydrogen-bond donors (Lipinski definition) is 2. The van der Waals surface area contributed by atoms with Crippen molar-refractivity contribution in [3.63, 3.8) is 0 Å². The van der Waals surface area contributed by atoms with Gasteiger partial charge in [0.15, 0.2) is 0 Å². The first-order chi connectivity index (χ1) is 22.5. The number of sulfone groups is 2. The zero-order valence-corrected chi connectivity index (χ0v) is 27.5. The smallest absolute Gasteiger partial charge is 0.382 e. The van der Waals surface area contributed by atoms with Crippen molar-refractivity contribution in [3.8, 4) is 0 Å². The average molecular weight is 729 g/mol. The van der Waals surface area contributed by atoms with Crippen molar-refractivity contribution >= 4 is 36.8 Å². The summed E-state index contributed by atoms with van der Waals surface area (Å²) < 4.78 is 134. The lowest BCUT2D eigenvalue weighted by Crippen LogP contribution is -2.30. The van der Waals surface area contributed by atoms with Gasteiger partial charge in [0.25, 0.3) is 19.7 Å². The van der Waals surface area contributed by atoms with Crippen LogP contribution in [0.4, 0.5) is 37.7 Å². The van der Waals surface area contributed by atoms with Gasteiger partial charge < -0.3 is 20.1 Å². The fourth-order valence-corrected chi connectivity index (χ4v) is 7.27. The fraction of sp³-hybridized carbons (Fsp3) is 0.581. The van der Waals surface area contributed by atoms with E-state index in [1.165, 1.54) is 24.3 Å². The van der Waals surface area contributed by atoms with Gasteiger partial charge in [0.05, 0.1) is 35.2 Å². The highest BCUT2D eigenvalue weighted by Crippen LogP contribution is 2.33. The number of nitrogens with one attached hydrogen (secondary N) is 2. The molecule has 2 saturated carbocycles. The van der Waals surface area contributed by atoms with Crippen LogP contribution in [0, 0.1) is 0 Å². The van der Waals surface area contributed by atoms with E-state index in [0.717, 1.165) is 75.6 Å². The third-order valence-electron chi connectivity index (χ3n) is 8.50. The molecule has 9 nitrogen and oxygen atoms in total. The van der Waals surface area contributed by atoms with Crippen LogP contribution >= 0.6 is 0 Å². The Morgan fingerprint density at radius 1 is 0.583 bits per heavy atom. The number of rotatable bonds is 14. The van der Waals surface area contributed by atoms with Crippen LogP contribution in [0.2, 0.25) is 0 Å². The molecule has 0 unspecified atom stereocenters. The minimum absolute atomic E-state index is 0.0129. The van der Waals surface area contributed by atoms with Gasteiger partial charge in [-0.25, -0.2) is 16.8 Å². The fourth-order valence-electron chi connectivity index (χ4n) is 5.75. The van der Waals surface area contributed by atoms with Crippen LogP contribution < -0.4 is 10.6 Å². The van der Waals surface area contributed by atoms with Crippen LogP contribution in [0.1, 0.15) is 64.2 Å². The maximum absolute atomic E-state index is 12.7. The Morgan fingerprint density at radius 3 is 1.19 bits per heavy atom. The largest absolute Gasteiger partial charge is 0.501 e. The quantitative estimate of drug-likeness (QED) is 0.202. The number of benzene rings is 2. The number of Topliss-reactive ketones (excluding diaryl/α,β-unsaturated/α-hetero) is 1. The van der Waals surface area contributed by atoms with Gasteiger partial charge >= 0.3 is 11.0 Å². The Bertz CT molecular complexity index is 1450. The molecule has 4 rings (SSSR count). The summed E-state index contributed by atoms with van der Waals surface area (Å²) in [6.45, 7) is 0.577. The van der Waals surface area contributed by atoms with Crippen LogP contribution in [-0.2, 0) is 33.9 Å². The van der Waals surface area contributed by atoms with Crippen molar-refractivity contribution in [3.05, 3.63) is 48.5 Å². The molecule has 0 spiro atoms. The predicted molar refractivity (Wildman–Crippen MR) is 165 cm³/mol. The molecular weight excluding hydrogens is 690 g/mol. The van der Waals surface area contributed by atoms with Gasteiger partial charge in [0, 0.05) is 36.3 Å². The Hall–Kier alpha value is -2.89. The normalized spacial score (nSPS) is 22.6. The second kappa shape index (κ2) is 15.8. The molecule has 48 heavy (non-hydrogen) atoms. The molecule has 2 aromatic carbocycles. The highest BCUT2D eigenvalue weighted by atomic mass is 32.2. The van der Waals surface area contributed by atoms with E-state index in [4.69, 9.17) is 9.47 Å².